The molecule has 2 aliphatic rings. The Morgan fingerprint density at radius 2 is 1.95 bits per heavy atom. The number of benzene rings is 1. The monoisotopic (exact) mass is 287 g/mol. The number of carbonyl (C=O) groups excluding carboxylic acids is 1. The van der Waals surface area contributed by atoms with Gasteiger partial charge in [-0.25, -0.2) is 0 Å². The Labute approximate surface area is 124 Å². The molecule has 0 spiro atoms. The van der Waals surface area contributed by atoms with E-state index in [0.29, 0.717) is 12.1 Å². The molecule has 0 radical (unpaired) electrons. The summed E-state index contributed by atoms with van der Waals surface area (Å²) in [5.41, 5.74) is 3.33. The van der Waals surface area contributed by atoms with Crippen LogP contribution in [0.5, 0.6) is 0 Å². The van der Waals surface area contributed by atoms with Gasteiger partial charge in [0, 0.05) is 12.1 Å². The van der Waals surface area contributed by atoms with Crippen LogP contribution in [0.15, 0.2) is 18.2 Å². The summed E-state index contributed by atoms with van der Waals surface area (Å²) < 4.78 is 0. The van der Waals surface area contributed by atoms with Gasteiger partial charge in [0.15, 0.2) is 0 Å². The van der Waals surface area contributed by atoms with E-state index in [4.69, 9.17) is 5.11 Å². The van der Waals surface area contributed by atoms with Gasteiger partial charge < -0.3 is 10.4 Å². The van der Waals surface area contributed by atoms with Gasteiger partial charge in [-0.1, -0.05) is 12.5 Å². The standard InChI is InChI=1S/C17H21NO3/c19-16(13-8-7-11-3-1-4-12(11)9-13)18-10-14-5-2-6-15(14)17(20)21/h7-9,14-15H,1-6,10H2,(H,18,19)(H,20,21). The fourth-order valence-electron chi connectivity index (χ4n) is 3.65. The average molecular weight is 287 g/mol. The average Bonchev–Trinajstić information content (AvgIpc) is 3.12. The lowest BCUT2D eigenvalue weighted by Crippen LogP contribution is -2.33. The van der Waals surface area contributed by atoms with Gasteiger partial charge in [0.2, 0.25) is 0 Å². The van der Waals surface area contributed by atoms with Gasteiger partial charge in [-0.3, -0.25) is 9.59 Å². The number of rotatable bonds is 4. The van der Waals surface area contributed by atoms with Crippen molar-refractivity contribution < 1.29 is 14.7 Å². The number of amides is 1. The summed E-state index contributed by atoms with van der Waals surface area (Å²) in [6, 6.07) is 5.91. The number of hydrogen-bond donors (Lipinski definition) is 2. The van der Waals surface area contributed by atoms with E-state index in [0.717, 1.165) is 32.1 Å². The molecule has 3 rings (SSSR count). The van der Waals surface area contributed by atoms with E-state index in [2.05, 4.69) is 5.32 Å². The second kappa shape index (κ2) is 5.88. The summed E-state index contributed by atoms with van der Waals surface area (Å²) in [4.78, 5) is 23.4. The SMILES string of the molecule is O=C(NCC1CCCC1C(=O)O)c1ccc2c(c1)CCC2. The lowest BCUT2D eigenvalue weighted by molar-refractivity contribution is -0.142. The third kappa shape index (κ3) is 2.94. The highest BCUT2D eigenvalue weighted by Crippen LogP contribution is 2.31. The quantitative estimate of drug-likeness (QED) is 0.893. The van der Waals surface area contributed by atoms with Crippen LogP contribution in [0, 0.1) is 11.8 Å². The zero-order valence-electron chi connectivity index (χ0n) is 12.1. The Balaban J connectivity index is 1.60. The summed E-state index contributed by atoms with van der Waals surface area (Å²) >= 11 is 0. The zero-order valence-corrected chi connectivity index (χ0v) is 12.1. The molecule has 0 bridgehead atoms. The minimum absolute atomic E-state index is 0.0703. The molecule has 0 saturated heterocycles. The Kier molecular flexibility index (Phi) is 3.95. The first-order valence-electron chi connectivity index (χ1n) is 7.78. The van der Waals surface area contributed by atoms with Crippen LogP contribution in [0.1, 0.15) is 47.2 Å². The van der Waals surface area contributed by atoms with E-state index >= 15 is 0 Å². The van der Waals surface area contributed by atoms with Crippen molar-refractivity contribution >= 4 is 11.9 Å². The van der Waals surface area contributed by atoms with Gasteiger partial charge >= 0.3 is 5.97 Å². The van der Waals surface area contributed by atoms with Crippen molar-refractivity contribution in [2.24, 2.45) is 11.8 Å². The fraction of sp³-hybridized carbons (Fsp3) is 0.529. The molecule has 4 nitrogen and oxygen atoms in total. The minimum atomic E-state index is -0.732. The van der Waals surface area contributed by atoms with E-state index in [1.165, 1.54) is 17.5 Å². The Morgan fingerprint density at radius 1 is 1.14 bits per heavy atom. The van der Waals surface area contributed by atoms with Gasteiger partial charge in [-0.05, 0) is 61.3 Å². The number of nitrogens with one attached hydrogen (secondary N) is 1. The van der Waals surface area contributed by atoms with Crippen molar-refractivity contribution in [3.05, 3.63) is 34.9 Å². The Hall–Kier alpha value is -1.84. The van der Waals surface area contributed by atoms with E-state index < -0.39 is 5.97 Å². The topological polar surface area (TPSA) is 66.4 Å². The molecule has 1 aromatic rings. The molecule has 1 fully saturated rings. The van der Waals surface area contributed by atoms with E-state index in [9.17, 15) is 9.59 Å². The Bertz CT molecular complexity index is 567. The first-order valence-corrected chi connectivity index (χ1v) is 7.78. The molecule has 1 saturated carbocycles. The number of carboxylic acid groups (broad SMARTS) is 1. The highest BCUT2D eigenvalue weighted by atomic mass is 16.4. The molecular weight excluding hydrogens is 266 g/mol. The lowest BCUT2D eigenvalue weighted by atomic mass is 9.96. The van der Waals surface area contributed by atoms with Crippen molar-refractivity contribution in [1.29, 1.82) is 0 Å². The molecule has 0 aromatic heterocycles. The number of carbonyl (C=O) groups is 2. The van der Waals surface area contributed by atoms with Crippen LogP contribution in [-0.2, 0) is 17.6 Å². The van der Waals surface area contributed by atoms with Crippen molar-refractivity contribution in [3.63, 3.8) is 0 Å². The highest BCUT2D eigenvalue weighted by Gasteiger charge is 2.32. The molecule has 0 aliphatic heterocycles. The van der Waals surface area contributed by atoms with Crippen LogP contribution < -0.4 is 5.32 Å². The predicted octanol–water partition coefficient (Wildman–Crippen LogP) is 2.41. The summed E-state index contributed by atoms with van der Waals surface area (Å²) in [5, 5.41) is 12.1. The maximum Gasteiger partial charge on any atom is 0.306 e. The highest BCUT2D eigenvalue weighted by molar-refractivity contribution is 5.94. The Morgan fingerprint density at radius 3 is 2.76 bits per heavy atom. The molecule has 2 aliphatic carbocycles. The van der Waals surface area contributed by atoms with Crippen molar-refractivity contribution in [3.8, 4) is 0 Å². The second-order valence-electron chi connectivity index (χ2n) is 6.18. The van der Waals surface area contributed by atoms with Crippen LogP contribution in [-0.4, -0.2) is 23.5 Å². The molecular formula is C17H21NO3. The zero-order chi connectivity index (χ0) is 14.8. The summed E-state index contributed by atoms with van der Waals surface area (Å²) in [6.45, 7) is 0.465. The second-order valence-corrected chi connectivity index (χ2v) is 6.18. The lowest BCUT2D eigenvalue weighted by Gasteiger charge is -2.16. The molecule has 0 heterocycles. The smallest absolute Gasteiger partial charge is 0.306 e. The van der Waals surface area contributed by atoms with Gasteiger partial charge in [0.05, 0.1) is 5.92 Å². The molecule has 112 valence electrons. The number of aryl methyl sites for hydroxylation is 2. The van der Waals surface area contributed by atoms with Crippen LogP contribution >= 0.6 is 0 Å². The van der Waals surface area contributed by atoms with E-state index in [1.54, 1.807) is 0 Å². The maximum absolute atomic E-state index is 12.2. The summed E-state index contributed by atoms with van der Waals surface area (Å²) in [5.74, 6) is -1.05. The van der Waals surface area contributed by atoms with Gasteiger partial charge in [-0.2, -0.15) is 0 Å². The maximum atomic E-state index is 12.2. The number of aliphatic carboxylic acids is 1. The molecule has 2 atom stereocenters. The number of hydrogen-bond acceptors (Lipinski definition) is 2. The third-order valence-electron chi connectivity index (χ3n) is 4.86. The minimum Gasteiger partial charge on any atom is -0.481 e. The fourth-order valence-corrected chi connectivity index (χ4v) is 3.65. The first-order chi connectivity index (χ1) is 10.1. The summed E-state index contributed by atoms with van der Waals surface area (Å²) in [6.07, 6.45) is 5.90. The normalized spacial score (nSPS) is 23.8. The van der Waals surface area contributed by atoms with Crippen LogP contribution in [0.3, 0.4) is 0 Å². The van der Waals surface area contributed by atoms with Crippen LogP contribution in [0.4, 0.5) is 0 Å². The number of carboxylic acids is 1. The third-order valence-corrected chi connectivity index (χ3v) is 4.86. The van der Waals surface area contributed by atoms with Crippen molar-refractivity contribution in [2.75, 3.05) is 6.54 Å². The van der Waals surface area contributed by atoms with Gasteiger partial charge in [-0.15, -0.1) is 0 Å². The van der Waals surface area contributed by atoms with Crippen LogP contribution in [0.2, 0.25) is 0 Å². The number of fused-ring (bicyclic) bond motifs is 1. The predicted molar refractivity (Wildman–Crippen MR) is 79.3 cm³/mol. The largest absolute Gasteiger partial charge is 0.481 e. The molecule has 4 heteroatoms. The van der Waals surface area contributed by atoms with E-state index in [1.807, 2.05) is 18.2 Å². The molecule has 21 heavy (non-hydrogen) atoms. The van der Waals surface area contributed by atoms with Crippen molar-refractivity contribution in [2.45, 2.75) is 38.5 Å². The van der Waals surface area contributed by atoms with Crippen LogP contribution in [0.25, 0.3) is 0 Å². The van der Waals surface area contributed by atoms with Gasteiger partial charge in [0.1, 0.15) is 0 Å². The van der Waals surface area contributed by atoms with Crippen molar-refractivity contribution in [1.82, 2.24) is 5.32 Å². The van der Waals surface area contributed by atoms with Gasteiger partial charge in [0.25, 0.3) is 5.91 Å². The summed E-state index contributed by atoms with van der Waals surface area (Å²) in [7, 11) is 0. The molecule has 2 N–H and O–H groups in total. The molecule has 1 amide bonds. The molecule has 1 aromatic carbocycles. The van der Waals surface area contributed by atoms with E-state index in [-0.39, 0.29) is 17.7 Å². The molecule has 2 unspecified atom stereocenters. The first kappa shape index (κ1) is 14.1.